The van der Waals surface area contributed by atoms with Gasteiger partial charge in [-0.3, -0.25) is 4.79 Å². The second-order valence-electron chi connectivity index (χ2n) is 6.40. The second-order valence-corrected chi connectivity index (χ2v) is 8.34. The van der Waals surface area contributed by atoms with Gasteiger partial charge in [0.2, 0.25) is 15.9 Å². The van der Waals surface area contributed by atoms with Gasteiger partial charge in [0.15, 0.2) is 0 Å². The van der Waals surface area contributed by atoms with E-state index in [1.165, 1.54) is 4.31 Å². The maximum Gasteiger partial charge on any atom is 0.416 e. The number of nitrogens with zero attached hydrogens (tertiary/aromatic N) is 2. The average molecular weight is 378 g/mol. The molecule has 0 saturated carbocycles. The van der Waals surface area contributed by atoms with Gasteiger partial charge < -0.3 is 4.90 Å². The normalized spacial score (nSPS) is 17.1. The van der Waals surface area contributed by atoms with Crippen LogP contribution in [0.25, 0.3) is 0 Å². The first-order valence-electron chi connectivity index (χ1n) is 7.97. The largest absolute Gasteiger partial charge is 0.416 e. The van der Waals surface area contributed by atoms with Crippen LogP contribution in [0, 0.1) is 5.92 Å². The van der Waals surface area contributed by atoms with Gasteiger partial charge in [0.05, 0.1) is 10.5 Å². The van der Waals surface area contributed by atoms with Crippen molar-refractivity contribution in [2.75, 3.05) is 26.2 Å². The van der Waals surface area contributed by atoms with Crippen molar-refractivity contribution in [3.05, 3.63) is 29.8 Å². The Morgan fingerprint density at radius 1 is 1.08 bits per heavy atom. The first-order chi connectivity index (χ1) is 11.5. The SMILES string of the molecule is CC(C)CC(=O)N1CCN(S(=O)(=O)c2ccc(C(F)(F)F)cc2)CC1. The minimum atomic E-state index is -4.51. The van der Waals surface area contributed by atoms with Crippen molar-refractivity contribution in [2.24, 2.45) is 5.92 Å². The van der Waals surface area contributed by atoms with E-state index in [2.05, 4.69) is 0 Å². The van der Waals surface area contributed by atoms with Crippen LogP contribution in [0.2, 0.25) is 0 Å². The van der Waals surface area contributed by atoms with Crippen molar-refractivity contribution in [3.63, 3.8) is 0 Å². The van der Waals surface area contributed by atoms with Crippen molar-refractivity contribution in [3.8, 4) is 0 Å². The smallest absolute Gasteiger partial charge is 0.340 e. The van der Waals surface area contributed by atoms with Gasteiger partial charge in [-0.15, -0.1) is 0 Å². The van der Waals surface area contributed by atoms with Crippen LogP contribution in [0.5, 0.6) is 0 Å². The lowest BCUT2D eigenvalue weighted by Gasteiger charge is -2.34. The third kappa shape index (κ3) is 4.72. The number of hydrogen-bond acceptors (Lipinski definition) is 3. The Bertz CT molecular complexity index is 707. The molecular weight excluding hydrogens is 357 g/mol. The zero-order valence-electron chi connectivity index (χ0n) is 14.1. The molecule has 1 fully saturated rings. The molecule has 2 rings (SSSR count). The molecule has 1 aromatic rings. The van der Waals surface area contributed by atoms with E-state index in [4.69, 9.17) is 0 Å². The van der Waals surface area contributed by atoms with E-state index in [1.54, 1.807) is 4.90 Å². The van der Waals surface area contributed by atoms with Crippen LogP contribution in [0.4, 0.5) is 13.2 Å². The first-order valence-corrected chi connectivity index (χ1v) is 9.41. The minimum Gasteiger partial charge on any atom is -0.340 e. The summed E-state index contributed by atoms with van der Waals surface area (Å²) in [5, 5.41) is 0. The van der Waals surface area contributed by atoms with E-state index in [1.807, 2.05) is 13.8 Å². The monoisotopic (exact) mass is 378 g/mol. The van der Waals surface area contributed by atoms with Gasteiger partial charge in [-0.05, 0) is 30.2 Å². The van der Waals surface area contributed by atoms with Gasteiger partial charge in [0, 0.05) is 32.6 Å². The molecule has 0 aliphatic carbocycles. The maximum atomic E-state index is 12.6. The number of carbonyl (C=O) groups is 1. The van der Waals surface area contributed by atoms with E-state index < -0.39 is 21.8 Å². The Kier molecular flexibility index (Phi) is 5.78. The molecule has 0 N–H and O–H groups in total. The first kappa shape index (κ1) is 19.7. The van der Waals surface area contributed by atoms with Gasteiger partial charge in [-0.25, -0.2) is 8.42 Å². The van der Waals surface area contributed by atoms with Gasteiger partial charge in [0.1, 0.15) is 0 Å². The molecule has 0 aromatic heterocycles. The number of piperazine rings is 1. The fourth-order valence-corrected chi connectivity index (χ4v) is 4.04. The molecule has 0 atom stereocenters. The molecule has 1 amide bonds. The summed E-state index contributed by atoms with van der Waals surface area (Å²) in [6.07, 6.45) is -4.10. The third-order valence-electron chi connectivity index (χ3n) is 3.99. The van der Waals surface area contributed by atoms with Gasteiger partial charge in [-0.2, -0.15) is 17.5 Å². The predicted octanol–water partition coefficient (Wildman–Crippen LogP) is 2.58. The Morgan fingerprint density at radius 2 is 1.60 bits per heavy atom. The summed E-state index contributed by atoms with van der Waals surface area (Å²) in [5.74, 6) is 0.211. The van der Waals surface area contributed by atoms with Crippen molar-refractivity contribution >= 4 is 15.9 Å². The summed E-state index contributed by atoms with van der Waals surface area (Å²) in [5.41, 5.74) is -0.893. The van der Waals surface area contributed by atoms with Crippen molar-refractivity contribution in [2.45, 2.75) is 31.3 Å². The Balaban J connectivity index is 2.05. The van der Waals surface area contributed by atoms with Crippen molar-refractivity contribution in [1.29, 1.82) is 0 Å². The molecule has 0 radical (unpaired) electrons. The Labute approximate surface area is 145 Å². The molecule has 0 unspecified atom stereocenters. The van der Waals surface area contributed by atoms with E-state index in [-0.39, 0.29) is 42.9 Å². The molecule has 140 valence electrons. The summed E-state index contributed by atoms with van der Waals surface area (Å²) < 4.78 is 64.0. The van der Waals surface area contributed by atoms with Crippen LogP contribution >= 0.6 is 0 Å². The zero-order valence-corrected chi connectivity index (χ0v) is 14.9. The summed E-state index contributed by atoms with van der Waals surface area (Å²) >= 11 is 0. The van der Waals surface area contributed by atoms with Gasteiger partial charge in [-0.1, -0.05) is 13.8 Å². The van der Waals surface area contributed by atoms with Crippen molar-refractivity contribution < 1.29 is 26.4 Å². The minimum absolute atomic E-state index is 0.0124. The van der Waals surface area contributed by atoms with Crippen LogP contribution in [0.15, 0.2) is 29.2 Å². The number of rotatable bonds is 4. The molecule has 0 spiro atoms. The molecule has 1 aliphatic heterocycles. The number of amides is 1. The van der Waals surface area contributed by atoms with E-state index in [9.17, 15) is 26.4 Å². The number of alkyl halides is 3. The highest BCUT2D eigenvalue weighted by Gasteiger charge is 2.33. The summed E-state index contributed by atoms with van der Waals surface area (Å²) in [6, 6.07) is 3.45. The summed E-state index contributed by atoms with van der Waals surface area (Å²) in [4.78, 5) is 13.5. The van der Waals surface area contributed by atoms with E-state index in [0.29, 0.717) is 6.42 Å². The summed E-state index contributed by atoms with van der Waals surface area (Å²) in [7, 11) is -3.87. The molecule has 5 nitrogen and oxygen atoms in total. The van der Waals surface area contributed by atoms with Gasteiger partial charge in [0.25, 0.3) is 0 Å². The van der Waals surface area contributed by atoms with Crippen LogP contribution in [-0.4, -0.2) is 49.7 Å². The highest BCUT2D eigenvalue weighted by molar-refractivity contribution is 7.89. The molecule has 1 aliphatic rings. The predicted molar refractivity (Wildman–Crippen MR) is 86.2 cm³/mol. The number of halogens is 3. The lowest BCUT2D eigenvalue weighted by Crippen LogP contribution is -2.50. The second kappa shape index (κ2) is 7.33. The zero-order chi connectivity index (χ0) is 18.8. The molecule has 1 saturated heterocycles. The maximum absolute atomic E-state index is 12.6. The molecule has 0 bridgehead atoms. The van der Waals surface area contributed by atoms with Gasteiger partial charge >= 0.3 is 6.18 Å². The summed E-state index contributed by atoms with van der Waals surface area (Å²) in [6.45, 7) is 4.70. The topological polar surface area (TPSA) is 57.7 Å². The lowest BCUT2D eigenvalue weighted by atomic mass is 10.1. The number of carbonyl (C=O) groups excluding carboxylic acids is 1. The molecule has 1 aromatic carbocycles. The quantitative estimate of drug-likeness (QED) is 0.809. The lowest BCUT2D eigenvalue weighted by molar-refractivity contribution is -0.137. The highest BCUT2D eigenvalue weighted by atomic mass is 32.2. The molecule has 25 heavy (non-hydrogen) atoms. The van der Waals surface area contributed by atoms with E-state index in [0.717, 1.165) is 24.3 Å². The van der Waals surface area contributed by atoms with Crippen LogP contribution in [0.1, 0.15) is 25.8 Å². The molecule has 1 heterocycles. The third-order valence-corrected chi connectivity index (χ3v) is 5.91. The standard InChI is InChI=1S/C16H21F3N2O3S/c1-12(2)11-15(22)20-7-9-21(10-8-20)25(23,24)14-5-3-13(4-6-14)16(17,18)19/h3-6,12H,7-11H2,1-2H3. The number of benzene rings is 1. The fraction of sp³-hybridized carbons (Fsp3) is 0.562. The highest BCUT2D eigenvalue weighted by Crippen LogP contribution is 2.30. The molecule has 9 heteroatoms. The number of hydrogen-bond donors (Lipinski definition) is 0. The number of sulfonamides is 1. The van der Waals surface area contributed by atoms with Crippen LogP contribution < -0.4 is 0 Å². The Morgan fingerprint density at radius 3 is 2.04 bits per heavy atom. The van der Waals surface area contributed by atoms with Crippen LogP contribution in [-0.2, 0) is 21.0 Å². The van der Waals surface area contributed by atoms with Crippen LogP contribution in [0.3, 0.4) is 0 Å². The fourth-order valence-electron chi connectivity index (χ4n) is 2.62. The average Bonchev–Trinajstić information content (AvgIpc) is 2.53. The molecular formula is C16H21F3N2O3S. The van der Waals surface area contributed by atoms with E-state index >= 15 is 0 Å². The Hall–Kier alpha value is -1.61. The van der Waals surface area contributed by atoms with Crippen molar-refractivity contribution in [1.82, 2.24) is 9.21 Å².